The van der Waals surface area contributed by atoms with Crippen molar-refractivity contribution < 1.29 is 4.39 Å². The minimum atomic E-state index is -0.236. The number of hydrogen-bond donors (Lipinski definition) is 0. The lowest BCUT2D eigenvalue weighted by atomic mass is 10.3. The van der Waals surface area contributed by atoms with Crippen LogP contribution < -0.4 is 0 Å². The molecule has 14 heavy (non-hydrogen) atoms. The van der Waals surface area contributed by atoms with Crippen molar-refractivity contribution in [1.29, 1.82) is 0 Å². The molecule has 1 aromatic heterocycles. The molecule has 2 nitrogen and oxygen atoms in total. The molecule has 0 saturated heterocycles. The van der Waals surface area contributed by atoms with E-state index in [0.29, 0.717) is 0 Å². The van der Waals surface area contributed by atoms with Crippen molar-refractivity contribution in [3.8, 4) is 0 Å². The van der Waals surface area contributed by atoms with Gasteiger partial charge in [-0.2, -0.15) is 0 Å². The zero-order valence-corrected chi connectivity index (χ0v) is 9.00. The smallest absolute Gasteiger partial charge is 0.125 e. The van der Waals surface area contributed by atoms with E-state index in [1.807, 2.05) is 32.4 Å². The molecule has 0 bridgehead atoms. The number of aryl methyl sites for hydroxylation is 2. The summed E-state index contributed by atoms with van der Waals surface area (Å²) in [5.41, 5.74) is 1.68. The molecule has 2 rings (SSSR count). The van der Waals surface area contributed by atoms with Crippen molar-refractivity contribution in [3.05, 3.63) is 29.8 Å². The van der Waals surface area contributed by atoms with E-state index in [4.69, 9.17) is 0 Å². The van der Waals surface area contributed by atoms with E-state index < -0.39 is 0 Å². The van der Waals surface area contributed by atoms with Crippen LogP contribution in [0.15, 0.2) is 18.2 Å². The summed E-state index contributed by atoms with van der Waals surface area (Å²) in [6.07, 6.45) is 0. The first-order chi connectivity index (χ1) is 6.68. The Labute approximate surface area is 83.4 Å². The van der Waals surface area contributed by atoms with Crippen LogP contribution in [0.25, 0.3) is 11.0 Å². The molecule has 76 valence electrons. The van der Waals surface area contributed by atoms with Gasteiger partial charge in [-0.05, 0) is 19.1 Å². The second-order valence-electron chi connectivity index (χ2n) is 2.85. The van der Waals surface area contributed by atoms with E-state index in [9.17, 15) is 4.39 Å². The normalized spacial score (nSPS) is 9.79. The Morgan fingerprint density at radius 2 is 1.93 bits per heavy atom. The molecule has 0 atom stereocenters. The van der Waals surface area contributed by atoms with Gasteiger partial charge in [0.1, 0.15) is 11.6 Å². The summed E-state index contributed by atoms with van der Waals surface area (Å²) in [4.78, 5) is 4.20. The molecular weight excluding hydrogens is 179 g/mol. The van der Waals surface area contributed by atoms with Crippen LogP contribution in [0.4, 0.5) is 4.39 Å². The molecule has 1 aromatic carbocycles. The molecule has 0 fully saturated rings. The van der Waals surface area contributed by atoms with Gasteiger partial charge in [0, 0.05) is 13.1 Å². The molecule has 0 amide bonds. The van der Waals surface area contributed by atoms with E-state index in [1.165, 1.54) is 12.1 Å². The highest BCUT2D eigenvalue weighted by Gasteiger charge is 2.03. The van der Waals surface area contributed by atoms with Crippen LogP contribution >= 0.6 is 0 Å². The molecule has 0 aliphatic heterocycles. The maximum Gasteiger partial charge on any atom is 0.125 e. The van der Waals surface area contributed by atoms with Crippen molar-refractivity contribution in [3.63, 3.8) is 0 Å². The van der Waals surface area contributed by atoms with Gasteiger partial charge in [-0.1, -0.05) is 13.8 Å². The molecule has 0 N–H and O–H groups in total. The Morgan fingerprint density at radius 3 is 2.57 bits per heavy atom. The van der Waals surface area contributed by atoms with Crippen molar-refractivity contribution in [2.75, 3.05) is 0 Å². The van der Waals surface area contributed by atoms with Crippen molar-refractivity contribution in [2.45, 2.75) is 20.8 Å². The third kappa shape index (κ3) is 1.76. The average Bonchev–Trinajstić information content (AvgIpc) is 2.45. The Balaban J connectivity index is 0.000000461. The second-order valence-corrected chi connectivity index (χ2v) is 2.85. The van der Waals surface area contributed by atoms with E-state index >= 15 is 0 Å². The highest BCUT2D eigenvalue weighted by molar-refractivity contribution is 5.75. The molecule has 0 unspecified atom stereocenters. The van der Waals surface area contributed by atoms with Crippen LogP contribution in [0.1, 0.15) is 19.7 Å². The van der Waals surface area contributed by atoms with Gasteiger partial charge in [-0.15, -0.1) is 0 Å². The third-order valence-electron chi connectivity index (χ3n) is 2.07. The van der Waals surface area contributed by atoms with Gasteiger partial charge in [0.15, 0.2) is 0 Å². The van der Waals surface area contributed by atoms with Crippen LogP contribution in [0.3, 0.4) is 0 Å². The Morgan fingerprint density at radius 1 is 1.29 bits per heavy atom. The number of nitrogens with zero attached hydrogens (tertiary/aromatic N) is 2. The third-order valence-corrected chi connectivity index (χ3v) is 2.07. The Bertz CT molecular complexity index is 432. The van der Waals surface area contributed by atoms with Crippen LogP contribution in [0.5, 0.6) is 0 Å². The quantitative estimate of drug-likeness (QED) is 0.630. The summed E-state index contributed by atoms with van der Waals surface area (Å²) < 4.78 is 14.7. The molecule has 0 aliphatic carbocycles. The molecule has 0 radical (unpaired) electrons. The SMILES string of the molecule is CC.Cc1nc2cc(F)ccc2n1C. The Kier molecular flexibility index (Phi) is 3.23. The fraction of sp³-hybridized carbons (Fsp3) is 0.364. The second kappa shape index (κ2) is 4.22. The highest BCUT2D eigenvalue weighted by Crippen LogP contribution is 2.14. The van der Waals surface area contributed by atoms with Gasteiger partial charge in [0.05, 0.1) is 11.0 Å². The summed E-state index contributed by atoms with van der Waals surface area (Å²) in [7, 11) is 1.92. The number of rotatable bonds is 0. The summed E-state index contributed by atoms with van der Waals surface area (Å²) in [6.45, 7) is 5.90. The maximum absolute atomic E-state index is 12.7. The number of benzene rings is 1. The first-order valence-corrected chi connectivity index (χ1v) is 4.77. The van der Waals surface area contributed by atoms with Gasteiger partial charge < -0.3 is 4.57 Å². The van der Waals surface area contributed by atoms with Crippen LogP contribution in [-0.4, -0.2) is 9.55 Å². The van der Waals surface area contributed by atoms with E-state index in [2.05, 4.69) is 4.98 Å². The van der Waals surface area contributed by atoms with Crippen molar-refractivity contribution in [1.82, 2.24) is 9.55 Å². The van der Waals surface area contributed by atoms with Gasteiger partial charge in [0.25, 0.3) is 0 Å². The molecule has 0 saturated carbocycles. The van der Waals surface area contributed by atoms with Crippen LogP contribution in [0, 0.1) is 12.7 Å². The zero-order valence-electron chi connectivity index (χ0n) is 9.00. The molecule has 0 spiro atoms. The molecule has 0 aliphatic rings. The lowest BCUT2D eigenvalue weighted by Crippen LogP contribution is -1.89. The molecule has 3 heteroatoms. The minimum Gasteiger partial charge on any atom is -0.331 e. The van der Waals surface area contributed by atoms with E-state index in [0.717, 1.165) is 16.9 Å². The molecule has 2 aromatic rings. The number of halogens is 1. The minimum absolute atomic E-state index is 0.236. The predicted molar refractivity (Wildman–Crippen MR) is 56.8 cm³/mol. The zero-order chi connectivity index (χ0) is 10.7. The number of fused-ring (bicyclic) bond motifs is 1. The highest BCUT2D eigenvalue weighted by atomic mass is 19.1. The standard InChI is InChI=1S/C9H9FN2.C2H6/c1-6-11-8-5-7(10)3-4-9(8)12(6)2;1-2/h3-5H,1-2H3;1-2H3. The summed E-state index contributed by atoms with van der Waals surface area (Å²) in [5, 5.41) is 0. The van der Waals surface area contributed by atoms with Gasteiger partial charge in [-0.3, -0.25) is 0 Å². The lowest BCUT2D eigenvalue weighted by Gasteiger charge is -1.94. The number of imidazole rings is 1. The van der Waals surface area contributed by atoms with Crippen molar-refractivity contribution in [2.24, 2.45) is 7.05 Å². The van der Waals surface area contributed by atoms with Crippen LogP contribution in [-0.2, 0) is 7.05 Å². The average molecular weight is 194 g/mol. The molecule has 1 heterocycles. The largest absolute Gasteiger partial charge is 0.331 e. The Hall–Kier alpha value is -1.38. The summed E-state index contributed by atoms with van der Waals surface area (Å²) in [6, 6.07) is 4.64. The fourth-order valence-electron chi connectivity index (χ4n) is 1.29. The van der Waals surface area contributed by atoms with Crippen molar-refractivity contribution >= 4 is 11.0 Å². The number of aromatic nitrogens is 2. The van der Waals surface area contributed by atoms with Gasteiger partial charge in [0.2, 0.25) is 0 Å². The molecular formula is C11H15FN2. The van der Waals surface area contributed by atoms with Gasteiger partial charge >= 0.3 is 0 Å². The summed E-state index contributed by atoms with van der Waals surface area (Å²) >= 11 is 0. The predicted octanol–water partition coefficient (Wildman–Crippen LogP) is 3.05. The maximum atomic E-state index is 12.7. The topological polar surface area (TPSA) is 17.8 Å². The first kappa shape index (κ1) is 10.7. The van der Waals surface area contributed by atoms with Crippen LogP contribution in [0.2, 0.25) is 0 Å². The summed E-state index contributed by atoms with van der Waals surface area (Å²) in [5.74, 6) is 0.663. The lowest BCUT2D eigenvalue weighted by molar-refractivity contribution is 0.629. The van der Waals surface area contributed by atoms with Gasteiger partial charge in [-0.25, -0.2) is 9.37 Å². The fourth-order valence-corrected chi connectivity index (χ4v) is 1.29. The monoisotopic (exact) mass is 194 g/mol. The first-order valence-electron chi connectivity index (χ1n) is 4.77. The van der Waals surface area contributed by atoms with E-state index in [1.54, 1.807) is 6.07 Å². The van der Waals surface area contributed by atoms with E-state index in [-0.39, 0.29) is 5.82 Å². The number of hydrogen-bond acceptors (Lipinski definition) is 1.